The fourth-order valence-corrected chi connectivity index (χ4v) is 1.28. The standard InChI is InChI=1S/C7H6O2.C3H3NOS/c8-7(9)6-4-2-1-3-5-6;5-3-1-4-6-2-3/h1-5H,(H,8,9);1H,2H2. The first-order chi connectivity index (χ1) is 7.20. The van der Waals surface area contributed by atoms with E-state index in [1.54, 1.807) is 30.3 Å². The van der Waals surface area contributed by atoms with Crippen molar-refractivity contribution < 1.29 is 14.7 Å². The highest BCUT2D eigenvalue weighted by Crippen LogP contribution is 2.05. The first kappa shape index (κ1) is 11.5. The van der Waals surface area contributed by atoms with Gasteiger partial charge in [-0.05, 0) is 24.1 Å². The monoisotopic (exact) mass is 223 g/mol. The van der Waals surface area contributed by atoms with Gasteiger partial charge < -0.3 is 5.11 Å². The number of Topliss-reactive ketones (excluding diaryl/α,β-unsaturated/α-hetero) is 1. The van der Waals surface area contributed by atoms with Crippen molar-refractivity contribution in [3.05, 3.63) is 35.9 Å². The minimum atomic E-state index is -0.879. The number of nitrogens with zero attached hydrogens (tertiary/aromatic N) is 1. The lowest BCUT2D eigenvalue weighted by molar-refractivity contribution is -0.110. The number of benzene rings is 1. The minimum Gasteiger partial charge on any atom is -0.478 e. The third-order valence-corrected chi connectivity index (χ3v) is 2.17. The molecule has 15 heavy (non-hydrogen) atoms. The normalized spacial score (nSPS) is 13.2. The molecular formula is C10H9NO3S. The van der Waals surface area contributed by atoms with E-state index in [1.807, 2.05) is 0 Å². The van der Waals surface area contributed by atoms with Crippen molar-refractivity contribution >= 4 is 29.9 Å². The lowest BCUT2D eigenvalue weighted by atomic mass is 10.2. The molecule has 0 saturated carbocycles. The summed E-state index contributed by atoms with van der Waals surface area (Å²) in [4.78, 5) is 20.3. The van der Waals surface area contributed by atoms with Gasteiger partial charge in [0.1, 0.15) is 0 Å². The molecule has 4 nitrogen and oxygen atoms in total. The Bertz CT molecular complexity index is 376. The smallest absolute Gasteiger partial charge is 0.335 e. The number of carbonyl (C=O) groups excluding carboxylic acids is 1. The molecule has 0 spiro atoms. The third-order valence-electron chi connectivity index (χ3n) is 1.50. The number of ketones is 1. The number of carboxylic acids is 1. The summed E-state index contributed by atoms with van der Waals surface area (Å²) in [7, 11) is 0. The Morgan fingerprint density at radius 1 is 1.33 bits per heavy atom. The molecule has 1 aromatic carbocycles. The molecule has 5 heteroatoms. The zero-order valence-electron chi connectivity index (χ0n) is 7.79. The molecule has 0 amide bonds. The summed E-state index contributed by atoms with van der Waals surface area (Å²) in [5, 5.41) is 8.38. The Morgan fingerprint density at radius 2 is 2.00 bits per heavy atom. The van der Waals surface area contributed by atoms with Crippen molar-refractivity contribution in [3.63, 3.8) is 0 Å². The lowest BCUT2D eigenvalue weighted by Gasteiger charge is -1.88. The number of carbonyl (C=O) groups is 2. The molecule has 2 rings (SSSR count). The van der Waals surface area contributed by atoms with E-state index in [2.05, 4.69) is 4.40 Å². The highest BCUT2D eigenvalue weighted by molar-refractivity contribution is 7.99. The van der Waals surface area contributed by atoms with Gasteiger partial charge in [0.2, 0.25) is 0 Å². The van der Waals surface area contributed by atoms with Crippen LogP contribution in [0.5, 0.6) is 0 Å². The second kappa shape index (κ2) is 5.98. The minimum absolute atomic E-state index is 0.125. The summed E-state index contributed by atoms with van der Waals surface area (Å²) < 4.78 is 3.61. The van der Waals surface area contributed by atoms with Gasteiger partial charge in [0.15, 0.2) is 5.78 Å². The number of hydrogen-bond acceptors (Lipinski definition) is 4. The van der Waals surface area contributed by atoms with Crippen LogP contribution in [0.15, 0.2) is 34.7 Å². The molecule has 0 unspecified atom stereocenters. The first-order valence-corrected chi connectivity index (χ1v) is 5.11. The van der Waals surface area contributed by atoms with Crippen LogP contribution in [0.25, 0.3) is 0 Å². The van der Waals surface area contributed by atoms with E-state index in [0.29, 0.717) is 11.3 Å². The maximum atomic E-state index is 10.2. The highest BCUT2D eigenvalue weighted by atomic mass is 32.2. The fraction of sp³-hybridized carbons (Fsp3) is 0.100. The summed E-state index contributed by atoms with van der Waals surface area (Å²) in [5.74, 6) is -0.212. The fourth-order valence-electron chi connectivity index (χ4n) is 0.815. The number of carboxylic acid groups (broad SMARTS) is 1. The van der Waals surface area contributed by atoms with Crippen LogP contribution in [0, 0.1) is 0 Å². The molecule has 0 bridgehead atoms. The van der Waals surface area contributed by atoms with E-state index < -0.39 is 5.97 Å². The molecule has 0 aliphatic carbocycles. The van der Waals surface area contributed by atoms with Gasteiger partial charge in [-0.3, -0.25) is 4.79 Å². The average molecular weight is 223 g/mol. The maximum absolute atomic E-state index is 10.2. The van der Waals surface area contributed by atoms with Crippen LogP contribution in [-0.2, 0) is 4.79 Å². The van der Waals surface area contributed by atoms with Crippen molar-refractivity contribution in [1.29, 1.82) is 0 Å². The summed E-state index contributed by atoms with van der Waals surface area (Å²) in [6.45, 7) is 0. The second-order valence-electron chi connectivity index (χ2n) is 2.65. The molecule has 1 aromatic rings. The molecule has 0 atom stereocenters. The highest BCUT2D eigenvalue weighted by Gasteiger charge is 2.01. The quantitative estimate of drug-likeness (QED) is 0.735. The van der Waals surface area contributed by atoms with Crippen molar-refractivity contribution in [2.24, 2.45) is 4.40 Å². The van der Waals surface area contributed by atoms with Gasteiger partial charge in [-0.25, -0.2) is 9.19 Å². The zero-order valence-corrected chi connectivity index (χ0v) is 8.61. The molecule has 0 saturated heterocycles. The Balaban J connectivity index is 0.000000162. The van der Waals surface area contributed by atoms with E-state index in [9.17, 15) is 9.59 Å². The first-order valence-electron chi connectivity index (χ1n) is 4.16. The summed E-state index contributed by atoms with van der Waals surface area (Å²) >= 11 is 1.30. The molecule has 0 fully saturated rings. The van der Waals surface area contributed by atoms with Gasteiger partial charge in [0, 0.05) is 0 Å². The Morgan fingerprint density at radius 3 is 2.27 bits per heavy atom. The molecule has 0 aromatic heterocycles. The van der Waals surface area contributed by atoms with E-state index in [0.717, 1.165) is 0 Å². The topological polar surface area (TPSA) is 66.7 Å². The molecule has 1 aliphatic heterocycles. The molecule has 1 heterocycles. The molecule has 1 N–H and O–H groups in total. The van der Waals surface area contributed by atoms with Crippen LogP contribution in [0.1, 0.15) is 10.4 Å². The van der Waals surface area contributed by atoms with Crippen molar-refractivity contribution in [1.82, 2.24) is 0 Å². The molecule has 0 radical (unpaired) electrons. The lowest BCUT2D eigenvalue weighted by Crippen LogP contribution is -1.93. The Hall–Kier alpha value is -1.62. The summed E-state index contributed by atoms with van der Waals surface area (Å²) in [6, 6.07) is 8.30. The van der Waals surface area contributed by atoms with Crippen molar-refractivity contribution in [3.8, 4) is 0 Å². The Labute approximate surface area is 91.2 Å². The number of aromatic carboxylic acids is 1. The maximum Gasteiger partial charge on any atom is 0.335 e. The Kier molecular flexibility index (Phi) is 4.56. The van der Waals surface area contributed by atoms with Gasteiger partial charge in [-0.1, -0.05) is 18.2 Å². The van der Waals surface area contributed by atoms with E-state index in [4.69, 9.17) is 5.11 Å². The van der Waals surface area contributed by atoms with Gasteiger partial charge in [-0.15, -0.1) is 0 Å². The van der Waals surface area contributed by atoms with Crippen molar-refractivity contribution in [2.45, 2.75) is 0 Å². The van der Waals surface area contributed by atoms with E-state index in [-0.39, 0.29) is 5.78 Å². The van der Waals surface area contributed by atoms with Crippen LogP contribution in [0.3, 0.4) is 0 Å². The SMILES string of the molecule is O=C(O)c1ccccc1.O=C1C=NSC1. The van der Waals surface area contributed by atoms with Crippen LogP contribution in [-0.4, -0.2) is 28.8 Å². The molecular weight excluding hydrogens is 214 g/mol. The second-order valence-corrected chi connectivity index (χ2v) is 3.40. The van der Waals surface area contributed by atoms with Gasteiger partial charge in [-0.2, -0.15) is 0 Å². The van der Waals surface area contributed by atoms with Gasteiger partial charge in [0.05, 0.1) is 17.5 Å². The van der Waals surface area contributed by atoms with Crippen LogP contribution in [0.2, 0.25) is 0 Å². The van der Waals surface area contributed by atoms with Crippen LogP contribution >= 0.6 is 11.9 Å². The van der Waals surface area contributed by atoms with Crippen molar-refractivity contribution in [2.75, 3.05) is 5.75 Å². The number of hydrogen-bond donors (Lipinski definition) is 1. The van der Waals surface area contributed by atoms with Crippen LogP contribution in [0.4, 0.5) is 0 Å². The zero-order chi connectivity index (χ0) is 11.1. The summed E-state index contributed by atoms with van der Waals surface area (Å²) in [5.41, 5.74) is 0.331. The predicted octanol–water partition coefficient (Wildman–Crippen LogP) is 1.67. The average Bonchev–Trinajstić information content (AvgIpc) is 2.71. The predicted molar refractivity (Wildman–Crippen MR) is 59.4 cm³/mol. The van der Waals surface area contributed by atoms with Gasteiger partial charge in [0.25, 0.3) is 0 Å². The van der Waals surface area contributed by atoms with Gasteiger partial charge >= 0.3 is 5.97 Å². The number of rotatable bonds is 1. The largest absolute Gasteiger partial charge is 0.478 e. The summed E-state index contributed by atoms with van der Waals surface area (Å²) in [6.07, 6.45) is 1.35. The van der Waals surface area contributed by atoms with E-state index in [1.165, 1.54) is 18.2 Å². The van der Waals surface area contributed by atoms with Crippen LogP contribution < -0.4 is 0 Å². The third kappa shape index (κ3) is 4.42. The molecule has 1 aliphatic rings. The molecule has 78 valence electrons. The van der Waals surface area contributed by atoms with E-state index >= 15 is 0 Å².